The van der Waals surface area contributed by atoms with Crippen molar-refractivity contribution in [3.05, 3.63) is 18.0 Å². The third-order valence-electron chi connectivity index (χ3n) is 2.19. The topological polar surface area (TPSA) is 67.2 Å². The van der Waals surface area contributed by atoms with Crippen molar-refractivity contribution >= 4 is 5.91 Å². The smallest absolute Gasteiger partial charge is 0.271 e. The Hall–Kier alpha value is -1.36. The van der Waals surface area contributed by atoms with Gasteiger partial charge in [0.15, 0.2) is 0 Å². The molecule has 0 aliphatic rings. The number of carbonyl (C=O) groups excluding carboxylic acids is 1. The van der Waals surface area contributed by atoms with Crippen LogP contribution in [0.4, 0.5) is 0 Å². The highest BCUT2D eigenvalue weighted by Crippen LogP contribution is 2.00. The first kappa shape index (κ1) is 11.7. The summed E-state index contributed by atoms with van der Waals surface area (Å²) >= 11 is 0. The molecule has 0 bridgehead atoms. The molecule has 0 aromatic carbocycles. The van der Waals surface area contributed by atoms with Crippen LogP contribution in [0.25, 0.3) is 0 Å². The second-order valence-corrected chi connectivity index (χ2v) is 3.90. The van der Waals surface area contributed by atoms with Gasteiger partial charge >= 0.3 is 0 Å². The number of aromatic nitrogens is 2. The van der Waals surface area contributed by atoms with Crippen molar-refractivity contribution in [2.75, 3.05) is 6.54 Å². The van der Waals surface area contributed by atoms with Crippen LogP contribution in [0.15, 0.2) is 12.3 Å². The molecule has 0 aliphatic heterocycles. The van der Waals surface area contributed by atoms with Crippen molar-refractivity contribution < 1.29 is 9.90 Å². The second kappa shape index (κ2) is 4.93. The molecule has 1 amide bonds. The molecule has 1 aromatic rings. The van der Waals surface area contributed by atoms with Gasteiger partial charge in [-0.2, -0.15) is 5.10 Å². The normalized spacial score (nSPS) is 12.9. The molecule has 1 atom stereocenters. The molecule has 1 aromatic heterocycles. The van der Waals surface area contributed by atoms with E-state index in [4.69, 9.17) is 0 Å². The van der Waals surface area contributed by atoms with Gasteiger partial charge in [-0.15, -0.1) is 0 Å². The van der Waals surface area contributed by atoms with E-state index in [0.717, 1.165) is 0 Å². The molecule has 5 nitrogen and oxygen atoms in total. The number of nitrogens with one attached hydrogen (secondary N) is 1. The largest absolute Gasteiger partial charge is 0.391 e. The van der Waals surface area contributed by atoms with Gasteiger partial charge in [-0.25, -0.2) is 0 Å². The molecular formula is C10H17N3O2. The van der Waals surface area contributed by atoms with Crippen molar-refractivity contribution in [1.29, 1.82) is 0 Å². The fraction of sp³-hybridized carbons (Fsp3) is 0.600. The van der Waals surface area contributed by atoms with Gasteiger partial charge < -0.3 is 10.4 Å². The lowest BCUT2D eigenvalue weighted by molar-refractivity contribution is 0.0866. The summed E-state index contributed by atoms with van der Waals surface area (Å²) in [5.41, 5.74) is 0.369. The molecule has 0 saturated heterocycles. The monoisotopic (exact) mass is 211 g/mol. The summed E-state index contributed by atoms with van der Waals surface area (Å²) in [6.45, 7) is 4.06. The number of aryl methyl sites for hydroxylation is 1. The number of aliphatic hydroxyl groups is 1. The van der Waals surface area contributed by atoms with Gasteiger partial charge in [0.2, 0.25) is 0 Å². The maximum absolute atomic E-state index is 11.5. The van der Waals surface area contributed by atoms with E-state index in [1.165, 1.54) is 0 Å². The van der Waals surface area contributed by atoms with Crippen molar-refractivity contribution in [1.82, 2.24) is 15.1 Å². The minimum absolute atomic E-state index is 0.133. The van der Waals surface area contributed by atoms with E-state index >= 15 is 0 Å². The number of amides is 1. The Morgan fingerprint density at radius 2 is 2.33 bits per heavy atom. The summed E-state index contributed by atoms with van der Waals surface area (Å²) in [4.78, 5) is 11.5. The van der Waals surface area contributed by atoms with Gasteiger partial charge in [-0.05, 0) is 12.0 Å². The summed E-state index contributed by atoms with van der Waals surface area (Å²) in [6, 6.07) is 1.64. The Morgan fingerprint density at radius 3 is 2.80 bits per heavy atom. The van der Waals surface area contributed by atoms with Crippen LogP contribution in [0.5, 0.6) is 0 Å². The van der Waals surface area contributed by atoms with E-state index in [0.29, 0.717) is 5.69 Å². The summed E-state index contributed by atoms with van der Waals surface area (Å²) in [7, 11) is 1.75. The van der Waals surface area contributed by atoms with Gasteiger partial charge in [0, 0.05) is 19.8 Å². The molecule has 2 N–H and O–H groups in total. The Bertz CT molecular complexity index is 333. The standard InChI is InChI=1S/C10H17N3O2/c1-7(2)9(14)6-11-10(15)8-4-5-13(3)12-8/h4-5,7,9,14H,6H2,1-3H3,(H,11,15). The Morgan fingerprint density at radius 1 is 1.67 bits per heavy atom. The van der Waals surface area contributed by atoms with E-state index in [9.17, 15) is 9.90 Å². The van der Waals surface area contributed by atoms with Crippen LogP contribution in [-0.2, 0) is 7.05 Å². The maximum atomic E-state index is 11.5. The molecule has 1 rings (SSSR count). The maximum Gasteiger partial charge on any atom is 0.271 e. The number of carbonyl (C=O) groups is 1. The lowest BCUT2D eigenvalue weighted by atomic mass is 10.1. The Kier molecular flexibility index (Phi) is 3.85. The Balaban J connectivity index is 2.43. The molecule has 1 unspecified atom stereocenters. The quantitative estimate of drug-likeness (QED) is 0.746. The fourth-order valence-corrected chi connectivity index (χ4v) is 1.06. The van der Waals surface area contributed by atoms with E-state index in [1.807, 2.05) is 13.8 Å². The van der Waals surface area contributed by atoms with Crippen LogP contribution < -0.4 is 5.32 Å². The van der Waals surface area contributed by atoms with Crippen LogP contribution in [0.3, 0.4) is 0 Å². The first-order valence-electron chi connectivity index (χ1n) is 4.96. The zero-order chi connectivity index (χ0) is 11.4. The van der Waals surface area contributed by atoms with Crippen molar-refractivity contribution in [2.24, 2.45) is 13.0 Å². The lowest BCUT2D eigenvalue weighted by Gasteiger charge is -2.14. The molecule has 0 saturated carbocycles. The average molecular weight is 211 g/mol. The lowest BCUT2D eigenvalue weighted by Crippen LogP contribution is -2.34. The molecule has 0 radical (unpaired) electrons. The molecule has 0 fully saturated rings. The van der Waals surface area contributed by atoms with E-state index < -0.39 is 6.10 Å². The summed E-state index contributed by atoms with van der Waals surface area (Å²) in [5.74, 6) is -0.121. The van der Waals surface area contributed by atoms with E-state index in [-0.39, 0.29) is 18.4 Å². The number of aliphatic hydroxyl groups excluding tert-OH is 1. The third-order valence-corrected chi connectivity index (χ3v) is 2.19. The first-order chi connectivity index (χ1) is 7.00. The number of nitrogens with zero attached hydrogens (tertiary/aromatic N) is 2. The Labute approximate surface area is 89.1 Å². The minimum Gasteiger partial charge on any atom is -0.391 e. The highest BCUT2D eigenvalue weighted by molar-refractivity contribution is 5.92. The predicted octanol–water partition coefficient (Wildman–Crippen LogP) is 0.167. The summed E-state index contributed by atoms with van der Waals surface area (Å²) < 4.78 is 1.56. The summed E-state index contributed by atoms with van der Waals surface area (Å²) in [5, 5.41) is 16.1. The van der Waals surface area contributed by atoms with Crippen LogP contribution in [0.2, 0.25) is 0 Å². The van der Waals surface area contributed by atoms with Gasteiger partial charge in [-0.3, -0.25) is 9.48 Å². The molecule has 0 spiro atoms. The van der Waals surface area contributed by atoms with Crippen LogP contribution in [-0.4, -0.2) is 33.4 Å². The molecule has 84 valence electrons. The zero-order valence-corrected chi connectivity index (χ0v) is 9.27. The number of hydrogen-bond donors (Lipinski definition) is 2. The second-order valence-electron chi connectivity index (χ2n) is 3.90. The fourth-order valence-electron chi connectivity index (χ4n) is 1.06. The third kappa shape index (κ3) is 3.36. The van der Waals surface area contributed by atoms with Crippen LogP contribution in [0, 0.1) is 5.92 Å². The van der Waals surface area contributed by atoms with Crippen molar-refractivity contribution in [3.8, 4) is 0 Å². The van der Waals surface area contributed by atoms with Gasteiger partial charge in [0.25, 0.3) is 5.91 Å². The predicted molar refractivity (Wildman–Crippen MR) is 56.4 cm³/mol. The number of hydrogen-bond acceptors (Lipinski definition) is 3. The van der Waals surface area contributed by atoms with E-state index in [2.05, 4.69) is 10.4 Å². The molecule has 15 heavy (non-hydrogen) atoms. The zero-order valence-electron chi connectivity index (χ0n) is 9.27. The van der Waals surface area contributed by atoms with Crippen molar-refractivity contribution in [2.45, 2.75) is 20.0 Å². The van der Waals surface area contributed by atoms with Gasteiger partial charge in [0.1, 0.15) is 5.69 Å². The van der Waals surface area contributed by atoms with E-state index in [1.54, 1.807) is 24.0 Å². The van der Waals surface area contributed by atoms with Gasteiger partial charge in [0.05, 0.1) is 6.10 Å². The minimum atomic E-state index is -0.516. The molecule has 0 aliphatic carbocycles. The van der Waals surface area contributed by atoms with Crippen molar-refractivity contribution in [3.63, 3.8) is 0 Å². The molecule has 5 heteroatoms. The molecular weight excluding hydrogens is 194 g/mol. The first-order valence-corrected chi connectivity index (χ1v) is 4.96. The van der Waals surface area contributed by atoms with Crippen LogP contribution in [0.1, 0.15) is 24.3 Å². The SMILES string of the molecule is CC(C)C(O)CNC(=O)c1ccn(C)n1. The highest BCUT2D eigenvalue weighted by atomic mass is 16.3. The van der Waals surface area contributed by atoms with Crippen LogP contribution >= 0.6 is 0 Å². The van der Waals surface area contributed by atoms with Gasteiger partial charge in [-0.1, -0.05) is 13.8 Å². The molecule has 1 heterocycles. The highest BCUT2D eigenvalue weighted by Gasteiger charge is 2.13. The summed E-state index contributed by atoms with van der Waals surface area (Å²) in [6.07, 6.45) is 1.19. The average Bonchev–Trinajstić information content (AvgIpc) is 2.60. The number of rotatable bonds is 4.